The Morgan fingerprint density at radius 2 is 2.08 bits per heavy atom. The molecule has 5 nitrogen and oxygen atoms in total. The smallest absolute Gasteiger partial charge is 0.268 e. The quantitative estimate of drug-likeness (QED) is 0.786. The lowest BCUT2D eigenvalue weighted by Gasteiger charge is -2.07. The number of amides is 1. The third kappa shape index (κ3) is 2.69. The van der Waals surface area contributed by atoms with Crippen molar-refractivity contribution in [3.8, 4) is 0 Å². The molecule has 0 radical (unpaired) electrons. The van der Waals surface area contributed by atoms with Crippen molar-refractivity contribution in [2.24, 2.45) is 7.05 Å². The molecule has 0 spiro atoms. The Morgan fingerprint density at radius 1 is 1.33 bits per heavy atom. The topological polar surface area (TPSA) is 51.9 Å². The van der Waals surface area contributed by atoms with E-state index in [-0.39, 0.29) is 5.91 Å². The van der Waals surface area contributed by atoms with E-state index < -0.39 is 0 Å². The molecular weight excluding hydrogens is 324 g/mol. The zero-order valence-electron chi connectivity index (χ0n) is 14.4. The van der Waals surface area contributed by atoms with Gasteiger partial charge in [0, 0.05) is 47.3 Å². The Morgan fingerprint density at radius 3 is 2.71 bits per heavy atom. The van der Waals surface area contributed by atoms with Gasteiger partial charge in [-0.25, -0.2) is 0 Å². The van der Waals surface area contributed by atoms with Crippen LogP contribution in [0.25, 0.3) is 10.9 Å². The van der Waals surface area contributed by atoms with Crippen molar-refractivity contribution in [3.05, 3.63) is 51.9 Å². The number of aryl methyl sites for hydroxylation is 3. The summed E-state index contributed by atoms with van der Waals surface area (Å²) in [5, 5.41) is 9.02. The molecule has 0 aliphatic carbocycles. The van der Waals surface area contributed by atoms with Crippen molar-refractivity contribution in [2.75, 3.05) is 0 Å². The van der Waals surface area contributed by atoms with Crippen LogP contribution < -0.4 is 5.32 Å². The summed E-state index contributed by atoms with van der Waals surface area (Å²) < 4.78 is 3.82. The number of rotatable bonds is 4. The first-order chi connectivity index (χ1) is 11.4. The van der Waals surface area contributed by atoms with E-state index in [9.17, 15) is 4.79 Å². The lowest BCUT2D eigenvalue weighted by atomic mass is 10.2. The van der Waals surface area contributed by atoms with Crippen molar-refractivity contribution in [2.45, 2.75) is 33.9 Å². The largest absolute Gasteiger partial charge is 0.347 e. The summed E-state index contributed by atoms with van der Waals surface area (Å²) in [4.78, 5) is 12.6. The second-order valence-electron chi connectivity index (χ2n) is 5.91. The van der Waals surface area contributed by atoms with Gasteiger partial charge in [-0.05, 0) is 39.0 Å². The van der Waals surface area contributed by atoms with Gasteiger partial charge in [-0.15, -0.1) is 0 Å². The second-order valence-corrected chi connectivity index (χ2v) is 6.32. The van der Waals surface area contributed by atoms with Crippen LogP contribution in [0.1, 0.15) is 34.4 Å². The van der Waals surface area contributed by atoms with Gasteiger partial charge in [-0.1, -0.05) is 17.7 Å². The number of aromatic nitrogens is 3. The summed E-state index contributed by atoms with van der Waals surface area (Å²) in [6, 6.07) is 7.51. The van der Waals surface area contributed by atoms with E-state index >= 15 is 0 Å². The average molecular weight is 345 g/mol. The molecule has 24 heavy (non-hydrogen) atoms. The number of nitrogens with zero attached hydrogens (tertiary/aromatic N) is 3. The van der Waals surface area contributed by atoms with Gasteiger partial charge >= 0.3 is 0 Å². The van der Waals surface area contributed by atoms with Crippen LogP contribution in [0.2, 0.25) is 5.02 Å². The first-order valence-electron chi connectivity index (χ1n) is 7.99. The van der Waals surface area contributed by atoms with E-state index in [4.69, 9.17) is 11.6 Å². The van der Waals surface area contributed by atoms with Gasteiger partial charge in [0.05, 0.1) is 5.69 Å². The molecule has 1 amide bonds. The highest BCUT2D eigenvalue weighted by Gasteiger charge is 2.16. The Bertz CT molecular complexity index is 923. The van der Waals surface area contributed by atoms with Crippen molar-refractivity contribution in [1.82, 2.24) is 19.7 Å². The van der Waals surface area contributed by atoms with Gasteiger partial charge in [0.25, 0.3) is 5.91 Å². The minimum absolute atomic E-state index is 0.118. The maximum atomic E-state index is 12.6. The highest BCUT2D eigenvalue weighted by molar-refractivity contribution is 6.35. The van der Waals surface area contributed by atoms with E-state index in [1.165, 1.54) is 0 Å². The molecule has 6 heteroatoms. The molecule has 0 fully saturated rings. The summed E-state index contributed by atoms with van der Waals surface area (Å²) >= 11 is 6.22. The predicted molar refractivity (Wildman–Crippen MR) is 96.5 cm³/mol. The fraction of sp³-hybridized carbons (Fsp3) is 0.333. The fourth-order valence-electron chi connectivity index (χ4n) is 3.10. The summed E-state index contributed by atoms with van der Waals surface area (Å²) in [7, 11) is 1.87. The number of hydrogen-bond donors (Lipinski definition) is 1. The molecule has 0 aliphatic rings. The Hall–Kier alpha value is -2.27. The molecular formula is C18H21ClN4O. The van der Waals surface area contributed by atoms with Crippen molar-refractivity contribution in [3.63, 3.8) is 0 Å². The lowest BCUT2D eigenvalue weighted by Crippen LogP contribution is -2.25. The van der Waals surface area contributed by atoms with Crippen LogP contribution >= 0.6 is 11.6 Å². The Kier molecular flexibility index (Phi) is 4.37. The molecule has 0 bridgehead atoms. The number of carbonyl (C=O) groups excluding carboxylic acids is 1. The average Bonchev–Trinajstić information content (AvgIpc) is 3.04. The minimum Gasteiger partial charge on any atom is -0.347 e. The summed E-state index contributed by atoms with van der Waals surface area (Å²) in [6.45, 7) is 7.34. The van der Waals surface area contributed by atoms with Crippen LogP contribution in [0.5, 0.6) is 0 Å². The molecule has 0 atom stereocenters. The summed E-state index contributed by atoms with van der Waals surface area (Å²) in [5.41, 5.74) is 4.65. The summed E-state index contributed by atoms with van der Waals surface area (Å²) in [5.74, 6) is -0.118. The van der Waals surface area contributed by atoms with Gasteiger partial charge in [0.15, 0.2) is 0 Å². The maximum Gasteiger partial charge on any atom is 0.268 e. The molecule has 3 aromatic rings. The van der Waals surface area contributed by atoms with Crippen molar-refractivity contribution >= 4 is 28.4 Å². The standard InChI is InChI=1S/C18H21ClN4O/c1-5-23-12(3)14(11(2)21-23)10-20-18(24)17-9-13-15(19)7-6-8-16(13)22(17)4/h6-9H,5,10H2,1-4H3,(H,20,24). The molecule has 1 N–H and O–H groups in total. The SMILES string of the molecule is CCn1nc(C)c(CNC(=O)c2cc3c(Cl)cccc3n2C)c1C. The van der Waals surface area contributed by atoms with Gasteiger partial charge in [0.2, 0.25) is 0 Å². The first kappa shape index (κ1) is 16.6. The molecule has 0 aliphatic heterocycles. The van der Waals surface area contributed by atoms with Crippen molar-refractivity contribution < 1.29 is 4.79 Å². The molecule has 2 heterocycles. The summed E-state index contributed by atoms with van der Waals surface area (Å²) in [6.07, 6.45) is 0. The highest BCUT2D eigenvalue weighted by atomic mass is 35.5. The highest BCUT2D eigenvalue weighted by Crippen LogP contribution is 2.26. The Balaban J connectivity index is 1.85. The molecule has 3 rings (SSSR count). The van der Waals surface area contributed by atoms with E-state index in [0.29, 0.717) is 17.3 Å². The zero-order valence-corrected chi connectivity index (χ0v) is 15.1. The number of benzene rings is 1. The van der Waals surface area contributed by atoms with Crippen LogP contribution in [0.15, 0.2) is 24.3 Å². The van der Waals surface area contributed by atoms with Gasteiger partial charge in [-0.2, -0.15) is 5.10 Å². The minimum atomic E-state index is -0.118. The third-order valence-electron chi connectivity index (χ3n) is 4.52. The van der Waals surface area contributed by atoms with Crippen LogP contribution in [0.4, 0.5) is 0 Å². The molecule has 1 aromatic carbocycles. The lowest BCUT2D eigenvalue weighted by molar-refractivity contribution is 0.0943. The Labute approximate surface area is 146 Å². The van der Waals surface area contributed by atoms with Gasteiger partial charge < -0.3 is 9.88 Å². The van der Waals surface area contributed by atoms with Crippen LogP contribution in [0, 0.1) is 13.8 Å². The number of hydrogen-bond acceptors (Lipinski definition) is 2. The fourth-order valence-corrected chi connectivity index (χ4v) is 3.32. The second kappa shape index (κ2) is 6.32. The number of halogens is 1. The van der Waals surface area contributed by atoms with Crippen molar-refractivity contribution in [1.29, 1.82) is 0 Å². The molecule has 0 saturated heterocycles. The van der Waals surface area contributed by atoms with E-state index in [2.05, 4.69) is 17.3 Å². The van der Waals surface area contributed by atoms with Crippen LogP contribution in [-0.4, -0.2) is 20.3 Å². The molecule has 0 saturated carbocycles. The van der Waals surface area contributed by atoms with E-state index in [0.717, 1.165) is 34.4 Å². The molecule has 0 unspecified atom stereocenters. The monoisotopic (exact) mass is 344 g/mol. The van der Waals surface area contributed by atoms with Crippen LogP contribution in [0.3, 0.4) is 0 Å². The predicted octanol–water partition coefficient (Wildman–Crippen LogP) is 3.59. The van der Waals surface area contributed by atoms with Gasteiger partial charge in [-0.3, -0.25) is 9.48 Å². The zero-order chi connectivity index (χ0) is 17.4. The third-order valence-corrected chi connectivity index (χ3v) is 4.85. The normalized spacial score (nSPS) is 11.2. The first-order valence-corrected chi connectivity index (χ1v) is 8.36. The van der Waals surface area contributed by atoms with E-state index in [1.807, 2.05) is 54.4 Å². The molecule has 126 valence electrons. The molecule has 2 aromatic heterocycles. The number of fused-ring (bicyclic) bond motifs is 1. The number of nitrogens with one attached hydrogen (secondary N) is 1. The van der Waals surface area contributed by atoms with E-state index in [1.54, 1.807) is 0 Å². The van der Waals surface area contributed by atoms with Crippen LogP contribution in [-0.2, 0) is 20.1 Å². The maximum absolute atomic E-state index is 12.6. The van der Waals surface area contributed by atoms with Gasteiger partial charge in [0.1, 0.15) is 5.69 Å². The number of carbonyl (C=O) groups is 1.